The van der Waals surface area contributed by atoms with Gasteiger partial charge in [0.05, 0.1) is 19.5 Å². The molecule has 0 saturated heterocycles. The van der Waals surface area contributed by atoms with Gasteiger partial charge in [-0.1, -0.05) is 126 Å². The Labute approximate surface area is 322 Å². The van der Waals surface area contributed by atoms with Crippen LogP contribution in [0.3, 0.4) is 0 Å². The molecule has 10 heteroatoms. The lowest BCUT2D eigenvalue weighted by molar-refractivity contribution is -0.147. The van der Waals surface area contributed by atoms with Gasteiger partial charge in [-0.25, -0.2) is 4.57 Å². The normalized spacial score (nSPS) is 14.1. The number of hydrogen-bond donors (Lipinski definition) is 2. The molecule has 0 spiro atoms. The number of unbranched alkanes of at least 4 members (excludes halogenated alkanes) is 14. The topological polar surface area (TPSA) is 134 Å². The van der Waals surface area contributed by atoms with Crippen LogP contribution in [0.25, 0.3) is 0 Å². The molecule has 1 unspecified atom stereocenters. The van der Waals surface area contributed by atoms with E-state index in [1.165, 1.54) is 95.8 Å². The highest BCUT2D eigenvalue weighted by Crippen LogP contribution is 2.43. The number of carbonyl (C=O) groups is 2. The van der Waals surface area contributed by atoms with Crippen molar-refractivity contribution in [2.24, 2.45) is 5.73 Å². The van der Waals surface area contributed by atoms with E-state index in [0.29, 0.717) is 6.42 Å². The summed E-state index contributed by atoms with van der Waals surface area (Å²) in [7, 11) is -4.33. The molecule has 0 radical (unpaired) electrons. The molecule has 0 aromatic carbocycles. The second-order valence-corrected chi connectivity index (χ2v) is 14.7. The molecule has 9 nitrogen and oxygen atoms in total. The van der Waals surface area contributed by atoms with E-state index >= 15 is 0 Å². The first-order chi connectivity index (χ1) is 25.8. The third kappa shape index (κ3) is 39.0. The Balaban J connectivity index is 4.34. The van der Waals surface area contributed by atoms with Gasteiger partial charge in [-0.2, -0.15) is 0 Å². The maximum Gasteiger partial charge on any atom is 0.472 e. The average molecular weight is 764 g/mol. The Morgan fingerprint density at radius 1 is 0.642 bits per heavy atom. The number of allylic oxidation sites excluding steroid dienone is 11. The lowest BCUT2D eigenvalue weighted by Gasteiger charge is -2.19. The molecule has 0 heterocycles. The maximum atomic E-state index is 12.4. The summed E-state index contributed by atoms with van der Waals surface area (Å²) >= 11 is 0. The van der Waals surface area contributed by atoms with Crippen molar-refractivity contribution in [3.63, 3.8) is 0 Å². The predicted octanol–water partition coefficient (Wildman–Crippen LogP) is 11.5. The molecule has 0 fully saturated rings. The fourth-order valence-corrected chi connectivity index (χ4v) is 5.81. The highest BCUT2D eigenvalue weighted by atomic mass is 31.2. The van der Waals surface area contributed by atoms with Crippen molar-refractivity contribution in [3.05, 3.63) is 73.1 Å². The van der Waals surface area contributed by atoms with Crippen LogP contribution >= 0.6 is 7.82 Å². The quantitative estimate of drug-likeness (QED) is 0.0120. The van der Waals surface area contributed by atoms with Crippen molar-refractivity contribution in [1.82, 2.24) is 0 Å². The Bertz CT molecular complexity index is 1100. The van der Waals surface area contributed by atoms with Gasteiger partial charge in [0.1, 0.15) is 6.61 Å². The third-order valence-electron chi connectivity index (χ3n) is 8.16. The van der Waals surface area contributed by atoms with Gasteiger partial charge in [-0.3, -0.25) is 18.6 Å². The number of nitrogens with two attached hydrogens (primary N) is 1. The number of ether oxygens (including phenoxy) is 2. The summed E-state index contributed by atoms with van der Waals surface area (Å²) in [6.45, 7) is 3.87. The molecule has 0 aromatic rings. The molecule has 3 N–H and O–H groups in total. The van der Waals surface area contributed by atoms with Crippen LogP contribution < -0.4 is 5.73 Å². The monoisotopic (exact) mass is 764 g/mol. The van der Waals surface area contributed by atoms with Crippen LogP contribution in [-0.2, 0) is 32.7 Å². The van der Waals surface area contributed by atoms with Gasteiger partial charge in [-0.15, -0.1) is 0 Å². The minimum Gasteiger partial charge on any atom is -0.492 e. The fourth-order valence-electron chi connectivity index (χ4n) is 5.04. The predicted molar refractivity (Wildman–Crippen MR) is 219 cm³/mol. The molecule has 0 aliphatic heterocycles. The number of carbonyl (C=O) groups excluding carboxylic acids is 2. The molecular formula is C43H74NO8P. The van der Waals surface area contributed by atoms with Gasteiger partial charge in [0, 0.05) is 19.4 Å². The molecule has 0 aliphatic carbocycles. The zero-order valence-electron chi connectivity index (χ0n) is 33.2. The Hall–Kier alpha value is -2.55. The highest BCUT2D eigenvalue weighted by molar-refractivity contribution is 7.47. The van der Waals surface area contributed by atoms with Gasteiger partial charge in [0.2, 0.25) is 0 Å². The van der Waals surface area contributed by atoms with E-state index < -0.39 is 19.9 Å². The molecule has 0 aromatic heterocycles. The van der Waals surface area contributed by atoms with Crippen LogP contribution in [-0.4, -0.2) is 49.1 Å². The molecule has 53 heavy (non-hydrogen) atoms. The largest absolute Gasteiger partial charge is 0.492 e. The molecule has 0 rings (SSSR count). The van der Waals surface area contributed by atoms with E-state index in [4.69, 9.17) is 24.3 Å². The van der Waals surface area contributed by atoms with Gasteiger partial charge in [0.15, 0.2) is 11.9 Å². The van der Waals surface area contributed by atoms with Crippen molar-refractivity contribution < 1.29 is 37.6 Å². The Morgan fingerprint density at radius 3 is 1.85 bits per heavy atom. The van der Waals surface area contributed by atoms with Crippen molar-refractivity contribution in [2.75, 3.05) is 26.4 Å². The van der Waals surface area contributed by atoms with E-state index in [1.807, 2.05) is 18.2 Å². The third-order valence-corrected chi connectivity index (χ3v) is 9.15. The number of phosphoric acid groups is 1. The Kier molecular flexibility index (Phi) is 37.3. The van der Waals surface area contributed by atoms with E-state index in [-0.39, 0.29) is 45.0 Å². The van der Waals surface area contributed by atoms with Gasteiger partial charge >= 0.3 is 13.8 Å². The van der Waals surface area contributed by atoms with E-state index in [1.54, 1.807) is 6.08 Å². The lowest BCUT2D eigenvalue weighted by Crippen LogP contribution is -2.25. The highest BCUT2D eigenvalue weighted by Gasteiger charge is 2.24. The van der Waals surface area contributed by atoms with Crippen molar-refractivity contribution in [1.29, 1.82) is 0 Å². The summed E-state index contributed by atoms with van der Waals surface area (Å²) in [6, 6.07) is 0. The Morgan fingerprint density at radius 2 is 1.19 bits per heavy atom. The summed E-state index contributed by atoms with van der Waals surface area (Å²) in [5.41, 5.74) is 5.34. The van der Waals surface area contributed by atoms with Crippen LogP contribution in [0.2, 0.25) is 0 Å². The van der Waals surface area contributed by atoms with Gasteiger partial charge in [-0.05, 0) is 82.8 Å². The van der Waals surface area contributed by atoms with E-state index in [0.717, 1.165) is 38.5 Å². The average Bonchev–Trinajstić information content (AvgIpc) is 3.14. The van der Waals surface area contributed by atoms with Crippen molar-refractivity contribution in [2.45, 2.75) is 161 Å². The fraction of sp³-hybridized carbons (Fsp3) is 0.674. The summed E-state index contributed by atoms with van der Waals surface area (Å²) in [5, 5.41) is 0. The number of hydrogen-bond acceptors (Lipinski definition) is 8. The van der Waals surface area contributed by atoms with Crippen molar-refractivity contribution >= 4 is 19.6 Å². The number of ketones is 1. The van der Waals surface area contributed by atoms with Gasteiger partial charge in [0.25, 0.3) is 0 Å². The first-order valence-corrected chi connectivity index (χ1v) is 21.9. The lowest BCUT2D eigenvalue weighted by atomic mass is 10.1. The molecule has 0 saturated carbocycles. The molecule has 0 aliphatic rings. The number of rotatable bonds is 38. The van der Waals surface area contributed by atoms with E-state index in [9.17, 15) is 19.0 Å². The first-order valence-electron chi connectivity index (χ1n) is 20.4. The second kappa shape index (κ2) is 39.2. The van der Waals surface area contributed by atoms with Gasteiger partial charge < -0.3 is 20.1 Å². The number of phosphoric ester groups is 1. The standard InChI is InChI=1S/C43H74NO8P/c1-3-5-7-9-11-13-15-17-18-19-21-23-25-27-29-31-37-49-42(40-52-53(47,48)51-38-36-44)39-50-43(46)35-32-34-41(45)33-30-28-26-24-22-20-16-14-12-10-8-6-4-2/h12-15,20,22,26,28,30-31,33,37,42H,3-11,16-19,21,23-25,27,29,32,34-36,38-40,44H2,1-2H3,(H,47,48)/b14-12-,15-13-,22-20-,28-26-,33-30+,37-31+/t42-/m1/s1. The molecule has 0 amide bonds. The summed E-state index contributed by atoms with van der Waals surface area (Å²) in [5.74, 6) is -0.565. The minimum absolute atomic E-state index is 0.0601. The molecule has 0 bridgehead atoms. The van der Waals surface area contributed by atoms with Crippen LogP contribution in [0.15, 0.2) is 73.1 Å². The van der Waals surface area contributed by atoms with Crippen LogP contribution in [0, 0.1) is 0 Å². The summed E-state index contributed by atoms with van der Waals surface area (Å²) in [4.78, 5) is 34.4. The zero-order valence-corrected chi connectivity index (χ0v) is 34.1. The van der Waals surface area contributed by atoms with Crippen LogP contribution in [0.4, 0.5) is 0 Å². The summed E-state index contributed by atoms with van der Waals surface area (Å²) < 4.78 is 32.9. The first kappa shape index (κ1) is 50.5. The zero-order chi connectivity index (χ0) is 38.9. The molecule has 2 atom stereocenters. The van der Waals surface area contributed by atoms with Crippen molar-refractivity contribution in [3.8, 4) is 0 Å². The number of esters is 1. The summed E-state index contributed by atoms with van der Waals surface area (Å²) in [6.07, 6.45) is 45.8. The van der Waals surface area contributed by atoms with Crippen LogP contribution in [0.1, 0.15) is 155 Å². The van der Waals surface area contributed by atoms with Crippen LogP contribution in [0.5, 0.6) is 0 Å². The van der Waals surface area contributed by atoms with E-state index in [2.05, 4.69) is 50.3 Å². The SMILES string of the molecule is CCCCC/C=C\C/C=C\C/C=C\C=C\C(=O)CCCC(=O)OC[C@H](COP(=O)(O)OCCN)O/C=C/CCCCCCCC/C=C\CCCCCC. The molecular weight excluding hydrogens is 689 g/mol. The second-order valence-electron chi connectivity index (χ2n) is 13.2. The smallest absolute Gasteiger partial charge is 0.472 e. The molecule has 304 valence electrons. The minimum atomic E-state index is -4.33. The maximum absolute atomic E-state index is 12.4.